The summed E-state index contributed by atoms with van der Waals surface area (Å²) in [5, 5.41) is 0. The van der Waals surface area contributed by atoms with Crippen molar-refractivity contribution in [3.05, 3.63) is 12.3 Å². The van der Waals surface area contributed by atoms with E-state index in [1.807, 2.05) is 6.92 Å². The molecule has 108 valence electrons. The lowest BCUT2D eigenvalue weighted by Crippen LogP contribution is -2.00. The van der Waals surface area contributed by atoms with E-state index in [0.29, 0.717) is 18.5 Å². The van der Waals surface area contributed by atoms with Gasteiger partial charge in [0.05, 0.1) is 18.5 Å². The number of unbranched alkanes of at least 4 members (excludes halogenated alkanes) is 4. The molecule has 1 unspecified atom stereocenters. The maximum Gasteiger partial charge on any atom is 0.378 e. The van der Waals surface area contributed by atoms with Crippen LogP contribution in [-0.4, -0.2) is 12.8 Å². The third kappa shape index (κ3) is 8.77. The van der Waals surface area contributed by atoms with E-state index < -0.39 is 7.60 Å². The highest BCUT2D eigenvalue weighted by atomic mass is 31.2. The SMILES string of the molecule is C=C(CCCCCC)OP(=O)(CCCC)OCC. The van der Waals surface area contributed by atoms with Gasteiger partial charge in [-0.25, -0.2) is 4.57 Å². The summed E-state index contributed by atoms with van der Waals surface area (Å²) in [5.41, 5.74) is 0. The summed E-state index contributed by atoms with van der Waals surface area (Å²) >= 11 is 0. The predicted octanol–water partition coefficient (Wildman–Crippen LogP) is 5.52. The lowest BCUT2D eigenvalue weighted by atomic mass is 10.1. The van der Waals surface area contributed by atoms with Gasteiger partial charge in [-0.05, 0) is 19.8 Å². The number of rotatable bonds is 12. The molecule has 0 saturated heterocycles. The van der Waals surface area contributed by atoms with Crippen LogP contribution in [0.1, 0.15) is 65.7 Å². The number of hydrogen-bond donors (Lipinski definition) is 0. The summed E-state index contributed by atoms with van der Waals surface area (Å²) in [6.45, 7) is 10.4. The second kappa shape index (κ2) is 10.6. The van der Waals surface area contributed by atoms with Crippen LogP contribution in [0.5, 0.6) is 0 Å². The van der Waals surface area contributed by atoms with Crippen molar-refractivity contribution in [2.24, 2.45) is 0 Å². The summed E-state index contributed by atoms with van der Waals surface area (Å²) in [6.07, 6.45) is 7.78. The first-order chi connectivity index (χ1) is 8.58. The van der Waals surface area contributed by atoms with Crippen LogP contribution in [0, 0.1) is 0 Å². The van der Waals surface area contributed by atoms with Crippen LogP contribution >= 0.6 is 7.60 Å². The Labute approximate surface area is 112 Å². The molecule has 0 aromatic rings. The Bertz CT molecular complexity index is 264. The van der Waals surface area contributed by atoms with Crippen LogP contribution in [0.25, 0.3) is 0 Å². The Morgan fingerprint density at radius 1 is 1.06 bits per heavy atom. The van der Waals surface area contributed by atoms with E-state index in [9.17, 15) is 4.57 Å². The zero-order valence-corrected chi connectivity index (χ0v) is 13.1. The summed E-state index contributed by atoms with van der Waals surface area (Å²) in [4.78, 5) is 0. The molecular formula is C14H29O3P. The highest BCUT2D eigenvalue weighted by Gasteiger charge is 2.24. The van der Waals surface area contributed by atoms with Crippen LogP contribution in [0.4, 0.5) is 0 Å². The van der Waals surface area contributed by atoms with Crippen molar-refractivity contribution in [2.75, 3.05) is 12.8 Å². The maximum atomic E-state index is 12.4. The molecule has 0 aliphatic heterocycles. The normalized spacial score (nSPS) is 14.2. The molecular weight excluding hydrogens is 247 g/mol. The monoisotopic (exact) mass is 276 g/mol. The Balaban J connectivity index is 4.06. The molecule has 0 N–H and O–H groups in total. The van der Waals surface area contributed by atoms with E-state index in [2.05, 4.69) is 20.4 Å². The van der Waals surface area contributed by atoms with Gasteiger partial charge in [0.15, 0.2) is 0 Å². The van der Waals surface area contributed by atoms with Gasteiger partial charge < -0.3 is 9.05 Å². The van der Waals surface area contributed by atoms with Gasteiger partial charge in [-0.1, -0.05) is 46.1 Å². The van der Waals surface area contributed by atoms with E-state index in [1.165, 1.54) is 19.3 Å². The van der Waals surface area contributed by atoms with Crippen molar-refractivity contribution in [3.8, 4) is 0 Å². The fourth-order valence-corrected chi connectivity index (χ4v) is 3.53. The molecule has 0 heterocycles. The number of allylic oxidation sites excluding steroid dienone is 1. The lowest BCUT2D eigenvalue weighted by molar-refractivity contribution is 0.244. The van der Waals surface area contributed by atoms with Crippen molar-refractivity contribution in [2.45, 2.75) is 65.7 Å². The fourth-order valence-electron chi connectivity index (χ4n) is 1.68. The fraction of sp³-hybridized carbons (Fsp3) is 0.857. The molecule has 4 heteroatoms. The van der Waals surface area contributed by atoms with Gasteiger partial charge in [0.1, 0.15) is 0 Å². The largest absolute Gasteiger partial charge is 0.430 e. The predicted molar refractivity (Wildman–Crippen MR) is 78.0 cm³/mol. The first kappa shape index (κ1) is 17.7. The van der Waals surface area contributed by atoms with Crippen LogP contribution in [-0.2, 0) is 13.6 Å². The summed E-state index contributed by atoms with van der Waals surface area (Å²) < 4.78 is 23.2. The quantitative estimate of drug-likeness (QED) is 0.267. The van der Waals surface area contributed by atoms with Gasteiger partial charge in [0.2, 0.25) is 0 Å². The molecule has 0 bridgehead atoms. The van der Waals surface area contributed by atoms with Gasteiger partial charge in [-0.3, -0.25) is 0 Å². The second-order valence-electron chi connectivity index (χ2n) is 4.55. The molecule has 0 radical (unpaired) electrons. The average Bonchev–Trinajstić information content (AvgIpc) is 2.32. The molecule has 18 heavy (non-hydrogen) atoms. The van der Waals surface area contributed by atoms with Crippen LogP contribution in [0.2, 0.25) is 0 Å². The standard InChI is InChI=1S/C14H29O3P/c1-5-8-10-11-12-14(4)17-18(15,16-7-3)13-9-6-2/h4-13H2,1-3H3. The topological polar surface area (TPSA) is 35.5 Å². The van der Waals surface area contributed by atoms with Crippen molar-refractivity contribution < 1.29 is 13.6 Å². The molecule has 0 saturated carbocycles. The molecule has 0 aromatic carbocycles. The minimum Gasteiger partial charge on any atom is -0.430 e. The smallest absolute Gasteiger partial charge is 0.378 e. The molecule has 0 aromatic heterocycles. The first-order valence-corrected chi connectivity index (χ1v) is 8.91. The third-order valence-electron chi connectivity index (χ3n) is 2.69. The molecule has 0 rings (SSSR count). The van der Waals surface area contributed by atoms with Gasteiger partial charge >= 0.3 is 7.60 Å². The van der Waals surface area contributed by atoms with Gasteiger partial charge in [0, 0.05) is 6.42 Å². The Morgan fingerprint density at radius 2 is 1.72 bits per heavy atom. The highest BCUT2D eigenvalue weighted by Crippen LogP contribution is 2.51. The van der Waals surface area contributed by atoms with E-state index in [4.69, 9.17) is 9.05 Å². The van der Waals surface area contributed by atoms with Crippen LogP contribution in [0.3, 0.4) is 0 Å². The van der Waals surface area contributed by atoms with E-state index in [1.54, 1.807) is 0 Å². The highest BCUT2D eigenvalue weighted by molar-refractivity contribution is 7.53. The van der Waals surface area contributed by atoms with Crippen LogP contribution in [0.15, 0.2) is 12.3 Å². The van der Waals surface area contributed by atoms with Crippen molar-refractivity contribution in [1.82, 2.24) is 0 Å². The molecule has 0 amide bonds. The third-order valence-corrected chi connectivity index (χ3v) is 4.74. The van der Waals surface area contributed by atoms with E-state index in [-0.39, 0.29) is 0 Å². The average molecular weight is 276 g/mol. The summed E-state index contributed by atoms with van der Waals surface area (Å²) in [6, 6.07) is 0. The molecule has 0 fully saturated rings. The van der Waals surface area contributed by atoms with Gasteiger partial charge in [-0.2, -0.15) is 0 Å². The summed E-state index contributed by atoms with van der Waals surface area (Å²) in [7, 11) is -2.95. The minimum atomic E-state index is -2.95. The van der Waals surface area contributed by atoms with Crippen molar-refractivity contribution in [1.29, 1.82) is 0 Å². The zero-order chi connectivity index (χ0) is 13.9. The molecule has 0 aliphatic rings. The second-order valence-corrected chi connectivity index (χ2v) is 6.66. The zero-order valence-electron chi connectivity index (χ0n) is 12.2. The molecule has 0 spiro atoms. The maximum absolute atomic E-state index is 12.4. The Hall–Kier alpha value is -0.270. The van der Waals surface area contributed by atoms with Gasteiger partial charge in [0.25, 0.3) is 0 Å². The van der Waals surface area contributed by atoms with Crippen molar-refractivity contribution >= 4 is 7.60 Å². The first-order valence-electron chi connectivity index (χ1n) is 7.19. The van der Waals surface area contributed by atoms with Gasteiger partial charge in [-0.15, -0.1) is 0 Å². The Morgan fingerprint density at radius 3 is 2.28 bits per heavy atom. The number of hydrogen-bond acceptors (Lipinski definition) is 3. The summed E-state index contributed by atoms with van der Waals surface area (Å²) in [5.74, 6) is 0.610. The molecule has 0 aliphatic carbocycles. The minimum absolute atomic E-state index is 0.421. The van der Waals surface area contributed by atoms with Crippen LogP contribution < -0.4 is 0 Å². The van der Waals surface area contributed by atoms with E-state index in [0.717, 1.165) is 25.7 Å². The molecule has 1 atom stereocenters. The molecule has 3 nitrogen and oxygen atoms in total. The van der Waals surface area contributed by atoms with Crippen molar-refractivity contribution in [3.63, 3.8) is 0 Å². The lowest BCUT2D eigenvalue weighted by Gasteiger charge is -2.19. The van der Waals surface area contributed by atoms with E-state index >= 15 is 0 Å². The Kier molecular flexibility index (Phi) is 10.5.